The van der Waals surface area contributed by atoms with E-state index < -0.39 is 27.1 Å². The molecule has 0 aliphatic carbocycles. The zero-order valence-electron chi connectivity index (χ0n) is 7.51. The molecule has 0 aromatic carbocycles. The van der Waals surface area contributed by atoms with Crippen molar-refractivity contribution >= 4 is 27.1 Å². The molecule has 0 saturated heterocycles. The van der Waals surface area contributed by atoms with Gasteiger partial charge < -0.3 is 84.7 Å². The van der Waals surface area contributed by atoms with Crippen LogP contribution in [-0.4, -0.2) is 27.1 Å². The minimum Gasteiger partial charge on any atom is -0.894 e. The third-order valence-corrected chi connectivity index (χ3v) is 0. The Morgan fingerprint density at radius 3 is 0.263 bits per heavy atom. The van der Waals surface area contributed by atoms with E-state index in [0.29, 0.717) is 0 Å². The molecule has 0 atom stereocenters. The van der Waals surface area contributed by atoms with Crippen molar-refractivity contribution in [1.82, 2.24) is 0 Å². The Morgan fingerprint density at radius 1 is 0.263 bits per heavy atom. The van der Waals surface area contributed by atoms with Crippen LogP contribution < -0.4 is 57.5 Å². The van der Waals surface area contributed by atoms with E-state index in [4.69, 9.17) is 57.5 Å². The fourth-order valence-corrected chi connectivity index (χ4v) is 0. The average Bonchev–Trinajstić information content (AvgIpc) is 1.41. The summed E-state index contributed by atoms with van der Waals surface area (Å²) in [5, 5.41) is 0. The number of rotatable bonds is 0. The Kier molecular flexibility index (Phi) is 49.0. The van der Waals surface area contributed by atoms with Crippen LogP contribution in [0.2, 0.25) is 0 Å². The summed E-state index contributed by atoms with van der Waals surface area (Å²) in [6.07, 6.45) is 0. The van der Waals surface area contributed by atoms with Crippen molar-refractivity contribution < 1.29 is 205 Å². The quantitative estimate of drug-likeness (QED) is 0.205. The van der Waals surface area contributed by atoms with E-state index in [1.54, 1.807) is 0 Å². The van der Waals surface area contributed by atoms with Gasteiger partial charge in [0, 0.05) is 0 Å². The first kappa shape index (κ1) is 44.0. The third-order valence-electron chi connectivity index (χ3n) is 0. The van der Waals surface area contributed by atoms with Gasteiger partial charge in [-0.3, -0.25) is 0 Å². The van der Waals surface area contributed by atoms with E-state index in [0.717, 1.165) is 0 Å². The molecule has 0 spiro atoms. The standard InChI is InChI=1S/3O4Si.4Tm/c3*1-5(2,3)4;;;;/q3*-4;4*+3. The average molecular weight is 952 g/mol. The predicted molar refractivity (Wildman–Crippen MR) is 17.3 cm³/mol. The summed E-state index contributed by atoms with van der Waals surface area (Å²) in [5.74, 6) is 0. The maximum Gasteiger partial charge on any atom is 3.00 e. The van der Waals surface area contributed by atoms with Crippen molar-refractivity contribution in [3.63, 3.8) is 0 Å². The van der Waals surface area contributed by atoms with E-state index in [1.165, 1.54) is 0 Å². The molecule has 19 heavy (non-hydrogen) atoms. The zero-order valence-corrected chi connectivity index (χ0v) is 17.6. The van der Waals surface area contributed by atoms with E-state index >= 15 is 0 Å². The SMILES string of the molecule is [O-][Si]([O-])([O-])[O-].[O-][Si]([O-])([O-])[O-].[O-][Si]([O-])([O-])[O-].[Tm+3].[Tm+3].[Tm+3].[Tm+3]. The van der Waals surface area contributed by atoms with Crippen LogP contribution in [0.3, 0.4) is 0 Å². The summed E-state index contributed by atoms with van der Waals surface area (Å²) in [5.41, 5.74) is 0. The number of hydrogen-bond acceptors (Lipinski definition) is 12. The van der Waals surface area contributed by atoms with Crippen molar-refractivity contribution in [3.8, 4) is 0 Å². The molecule has 0 amide bonds. The molecule has 0 N–H and O–H groups in total. The molecule has 0 aromatic heterocycles. The Balaban J connectivity index is -0.0000000206. The maximum absolute atomic E-state index is 8.58. The molecule has 0 radical (unpaired) electrons. The molecule has 0 bridgehead atoms. The van der Waals surface area contributed by atoms with E-state index in [-0.39, 0.29) is 147 Å². The summed E-state index contributed by atoms with van der Waals surface area (Å²) < 4.78 is 0. The Morgan fingerprint density at radius 2 is 0.263 bits per heavy atom. The van der Waals surface area contributed by atoms with Gasteiger partial charge in [0.1, 0.15) is 0 Å². The van der Waals surface area contributed by atoms with Crippen LogP contribution in [0.25, 0.3) is 0 Å². The molecule has 0 aliphatic rings. The molecular formula is O12Si3Tm4. The second-order valence-electron chi connectivity index (χ2n) is 1.50. The fraction of sp³-hybridized carbons (Fsp3) is 0. The van der Waals surface area contributed by atoms with Crippen LogP contribution in [0.4, 0.5) is 0 Å². The number of hydrogen-bond donors (Lipinski definition) is 0. The molecule has 0 saturated carbocycles. The monoisotopic (exact) mass is 952 g/mol. The second kappa shape index (κ2) is 21.1. The minimum atomic E-state index is -5.61. The van der Waals surface area contributed by atoms with Crippen molar-refractivity contribution in [2.45, 2.75) is 0 Å². The Labute approximate surface area is 227 Å². The molecule has 19 heteroatoms. The molecule has 0 unspecified atom stereocenters. The smallest absolute Gasteiger partial charge is 0.894 e. The Bertz CT molecular complexity index is 100.0. The first-order valence-corrected chi connectivity index (χ1v) is 7.35. The zero-order chi connectivity index (χ0) is 13.5. The fourth-order valence-electron chi connectivity index (χ4n) is 0. The first-order chi connectivity index (χ1) is 6.00. The summed E-state index contributed by atoms with van der Waals surface area (Å²) in [6.45, 7) is 0. The van der Waals surface area contributed by atoms with Crippen molar-refractivity contribution in [1.29, 1.82) is 0 Å². The van der Waals surface area contributed by atoms with Crippen molar-refractivity contribution in [2.24, 2.45) is 0 Å². The van der Waals surface area contributed by atoms with Crippen LogP contribution in [0.1, 0.15) is 0 Å². The van der Waals surface area contributed by atoms with Crippen LogP contribution in [-0.2, 0) is 0 Å². The van der Waals surface area contributed by atoms with Crippen LogP contribution in [0.15, 0.2) is 0 Å². The van der Waals surface area contributed by atoms with E-state index in [1.807, 2.05) is 0 Å². The molecule has 0 rings (SSSR count). The van der Waals surface area contributed by atoms with Crippen LogP contribution in [0.5, 0.6) is 0 Å². The van der Waals surface area contributed by atoms with Gasteiger partial charge >= 0.3 is 147 Å². The molecule has 0 heterocycles. The van der Waals surface area contributed by atoms with Gasteiger partial charge in [-0.15, -0.1) is 0 Å². The normalized spacial score (nSPS) is 9.47. The largest absolute Gasteiger partial charge is 3.00 e. The molecular weight excluding hydrogens is 952 g/mol. The van der Waals surface area contributed by atoms with Crippen molar-refractivity contribution in [2.75, 3.05) is 0 Å². The molecule has 12 nitrogen and oxygen atoms in total. The van der Waals surface area contributed by atoms with Gasteiger partial charge in [0.25, 0.3) is 0 Å². The topological polar surface area (TPSA) is 277 Å². The Hall–Kier alpha value is 5.11. The maximum atomic E-state index is 8.58. The van der Waals surface area contributed by atoms with Gasteiger partial charge in [-0.25, -0.2) is 0 Å². The minimum absolute atomic E-state index is 0. The molecule has 0 fully saturated rings. The summed E-state index contributed by atoms with van der Waals surface area (Å²) >= 11 is 0. The second-order valence-corrected chi connectivity index (χ2v) is 4.50. The molecule has 0 aromatic rings. The summed E-state index contributed by atoms with van der Waals surface area (Å²) in [7, 11) is -16.8. The van der Waals surface area contributed by atoms with Gasteiger partial charge in [-0.1, -0.05) is 0 Å². The van der Waals surface area contributed by atoms with Crippen LogP contribution in [0, 0.1) is 147 Å². The van der Waals surface area contributed by atoms with E-state index in [2.05, 4.69) is 0 Å². The van der Waals surface area contributed by atoms with Crippen LogP contribution >= 0.6 is 0 Å². The summed E-state index contributed by atoms with van der Waals surface area (Å²) in [6, 6.07) is 0. The van der Waals surface area contributed by atoms with Gasteiger partial charge in [-0.05, 0) is 0 Å². The van der Waals surface area contributed by atoms with Crippen molar-refractivity contribution in [3.05, 3.63) is 0 Å². The van der Waals surface area contributed by atoms with Gasteiger partial charge in [-0.2, -0.15) is 0 Å². The summed E-state index contributed by atoms with van der Waals surface area (Å²) in [4.78, 5) is 103. The predicted octanol–water partition coefficient (Wildman–Crippen LogP) is -15.4. The van der Waals surface area contributed by atoms with Gasteiger partial charge in [0.15, 0.2) is 0 Å². The van der Waals surface area contributed by atoms with Gasteiger partial charge in [0.2, 0.25) is 0 Å². The van der Waals surface area contributed by atoms with E-state index in [9.17, 15) is 0 Å². The van der Waals surface area contributed by atoms with Gasteiger partial charge in [0.05, 0.1) is 0 Å². The molecule has 136 valence electrons. The first-order valence-electron chi connectivity index (χ1n) is 2.45. The third kappa shape index (κ3) is 395. The molecule has 0 aliphatic heterocycles.